The first-order valence-corrected chi connectivity index (χ1v) is 7.35. The zero-order valence-corrected chi connectivity index (χ0v) is 10.4. The SMILES string of the molecule is CCC1SC(C[C@H]2NC(=O)[C@@H]2CCO)S1. The van der Waals surface area contributed by atoms with E-state index in [2.05, 4.69) is 12.2 Å². The number of thioether (sulfide) groups is 2. The highest BCUT2D eigenvalue weighted by atomic mass is 32.3. The predicted molar refractivity (Wildman–Crippen MR) is 64.8 cm³/mol. The van der Waals surface area contributed by atoms with Gasteiger partial charge < -0.3 is 10.4 Å². The number of carbonyl (C=O) groups excluding carboxylic acids is 1. The van der Waals surface area contributed by atoms with Crippen LogP contribution in [0.1, 0.15) is 26.2 Å². The van der Waals surface area contributed by atoms with Crippen LogP contribution in [0.2, 0.25) is 0 Å². The molecule has 15 heavy (non-hydrogen) atoms. The molecule has 0 spiro atoms. The third-order valence-corrected chi connectivity index (χ3v) is 6.58. The number of rotatable bonds is 5. The first kappa shape index (κ1) is 11.6. The zero-order chi connectivity index (χ0) is 10.8. The van der Waals surface area contributed by atoms with Gasteiger partial charge in [0.2, 0.25) is 5.91 Å². The van der Waals surface area contributed by atoms with E-state index in [-0.39, 0.29) is 18.4 Å². The van der Waals surface area contributed by atoms with Gasteiger partial charge in [-0.05, 0) is 19.3 Å². The number of aliphatic hydroxyl groups is 1. The Morgan fingerprint density at radius 1 is 1.40 bits per heavy atom. The number of amides is 1. The van der Waals surface area contributed by atoms with Gasteiger partial charge in [-0.3, -0.25) is 4.79 Å². The van der Waals surface area contributed by atoms with Crippen LogP contribution in [0.15, 0.2) is 0 Å². The summed E-state index contributed by atoms with van der Waals surface area (Å²) in [7, 11) is 0. The van der Waals surface area contributed by atoms with E-state index in [4.69, 9.17) is 5.11 Å². The largest absolute Gasteiger partial charge is 0.396 e. The highest BCUT2D eigenvalue weighted by Crippen LogP contribution is 2.51. The first-order chi connectivity index (χ1) is 7.24. The van der Waals surface area contributed by atoms with E-state index in [1.165, 1.54) is 6.42 Å². The van der Waals surface area contributed by atoms with Crippen LogP contribution in [0.25, 0.3) is 0 Å². The second-order valence-corrected chi connectivity index (χ2v) is 7.43. The number of nitrogens with one attached hydrogen (secondary N) is 1. The van der Waals surface area contributed by atoms with E-state index in [0.29, 0.717) is 17.0 Å². The van der Waals surface area contributed by atoms with Crippen LogP contribution < -0.4 is 5.32 Å². The summed E-state index contributed by atoms with van der Waals surface area (Å²) in [5.74, 6) is 0.187. The molecular weight excluding hydrogens is 230 g/mol. The quantitative estimate of drug-likeness (QED) is 0.721. The van der Waals surface area contributed by atoms with Crippen LogP contribution in [0, 0.1) is 5.92 Å². The highest BCUT2D eigenvalue weighted by molar-refractivity contribution is 8.33. The van der Waals surface area contributed by atoms with Crippen molar-refractivity contribution in [1.82, 2.24) is 5.32 Å². The molecule has 86 valence electrons. The molecule has 0 radical (unpaired) electrons. The van der Waals surface area contributed by atoms with Gasteiger partial charge in [0.15, 0.2) is 0 Å². The summed E-state index contributed by atoms with van der Waals surface area (Å²) in [5.41, 5.74) is 0. The molecule has 0 unspecified atom stereocenters. The van der Waals surface area contributed by atoms with E-state index < -0.39 is 0 Å². The minimum Gasteiger partial charge on any atom is -0.396 e. The highest BCUT2D eigenvalue weighted by Gasteiger charge is 2.42. The van der Waals surface area contributed by atoms with Crippen molar-refractivity contribution in [2.45, 2.75) is 41.4 Å². The third-order valence-electron chi connectivity index (χ3n) is 2.98. The molecule has 2 saturated heterocycles. The van der Waals surface area contributed by atoms with Crippen LogP contribution in [0.5, 0.6) is 0 Å². The molecule has 2 N–H and O–H groups in total. The fourth-order valence-corrected chi connectivity index (χ4v) is 5.03. The van der Waals surface area contributed by atoms with Crippen molar-refractivity contribution in [3.05, 3.63) is 0 Å². The van der Waals surface area contributed by atoms with E-state index in [1.807, 2.05) is 23.5 Å². The Morgan fingerprint density at radius 2 is 2.13 bits per heavy atom. The van der Waals surface area contributed by atoms with Crippen molar-refractivity contribution < 1.29 is 9.90 Å². The van der Waals surface area contributed by atoms with Crippen molar-refractivity contribution in [1.29, 1.82) is 0 Å². The third kappa shape index (κ3) is 2.45. The van der Waals surface area contributed by atoms with Crippen molar-refractivity contribution in [2.24, 2.45) is 5.92 Å². The monoisotopic (exact) mass is 247 g/mol. The van der Waals surface area contributed by atoms with Crippen LogP contribution in [0.3, 0.4) is 0 Å². The molecule has 5 heteroatoms. The second-order valence-electron chi connectivity index (χ2n) is 4.01. The van der Waals surface area contributed by atoms with Gasteiger partial charge in [0, 0.05) is 12.6 Å². The summed E-state index contributed by atoms with van der Waals surface area (Å²) in [6, 6.07) is 0.312. The minimum absolute atomic E-state index is 0.0666. The number of hydrogen-bond donors (Lipinski definition) is 2. The molecule has 2 heterocycles. The molecule has 0 saturated carbocycles. The average Bonchev–Trinajstić information content (AvgIpc) is 2.17. The molecule has 2 atom stereocenters. The molecular formula is C10H17NO2S2. The Hall–Kier alpha value is 0.130. The molecule has 0 aliphatic carbocycles. The van der Waals surface area contributed by atoms with Gasteiger partial charge in [-0.2, -0.15) is 0 Å². The van der Waals surface area contributed by atoms with Gasteiger partial charge >= 0.3 is 0 Å². The molecule has 1 amide bonds. The smallest absolute Gasteiger partial charge is 0.225 e. The topological polar surface area (TPSA) is 49.3 Å². The lowest BCUT2D eigenvalue weighted by Crippen LogP contribution is -2.59. The molecule has 2 aliphatic rings. The Labute approximate surface area is 98.8 Å². The Bertz CT molecular complexity index is 244. The Balaban J connectivity index is 1.70. The average molecular weight is 247 g/mol. The molecule has 0 aromatic heterocycles. The van der Waals surface area contributed by atoms with Crippen molar-refractivity contribution in [3.8, 4) is 0 Å². The molecule has 0 bridgehead atoms. The van der Waals surface area contributed by atoms with Crippen molar-refractivity contribution >= 4 is 29.4 Å². The summed E-state index contributed by atoms with van der Waals surface area (Å²) >= 11 is 4.04. The fraction of sp³-hybridized carbons (Fsp3) is 0.900. The lowest BCUT2D eigenvalue weighted by Gasteiger charge is -2.42. The van der Waals surface area contributed by atoms with Crippen LogP contribution >= 0.6 is 23.5 Å². The number of β-lactam (4-membered cyclic amide) rings is 1. The predicted octanol–water partition coefficient (Wildman–Crippen LogP) is 1.42. The maximum atomic E-state index is 11.2. The van der Waals surface area contributed by atoms with Gasteiger partial charge in [0.05, 0.1) is 15.1 Å². The lowest BCUT2D eigenvalue weighted by molar-refractivity contribution is -0.135. The molecule has 0 aromatic carbocycles. The summed E-state index contributed by atoms with van der Waals surface area (Å²) in [6.07, 6.45) is 2.90. The van der Waals surface area contributed by atoms with Gasteiger partial charge in [-0.25, -0.2) is 0 Å². The minimum atomic E-state index is 0.0666. The van der Waals surface area contributed by atoms with Crippen LogP contribution in [0.4, 0.5) is 0 Å². The van der Waals surface area contributed by atoms with E-state index in [1.54, 1.807) is 0 Å². The zero-order valence-electron chi connectivity index (χ0n) is 8.81. The van der Waals surface area contributed by atoms with E-state index in [0.717, 1.165) is 11.0 Å². The maximum absolute atomic E-state index is 11.2. The summed E-state index contributed by atoms with van der Waals surface area (Å²) in [4.78, 5) is 11.2. The first-order valence-electron chi connectivity index (χ1n) is 5.46. The summed E-state index contributed by atoms with van der Waals surface area (Å²) in [6.45, 7) is 2.33. The number of hydrogen-bond acceptors (Lipinski definition) is 4. The fourth-order valence-electron chi connectivity index (χ4n) is 2.03. The summed E-state index contributed by atoms with van der Waals surface area (Å²) < 4.78 is 1.42. The Kier molecular flexibility index (Phi) is 3.85. The normalized spacial score (nSPS) is 39.2. The molecule has 3 nitrogen and oxygen atoms in total. The number of carbonyl (C=O) groups is 1. The second kappa shape index (κ2) is 4.97. The van der Waals surface area contributed by atoms with Crippen molar-refractivity contribution in [2.75, 3.05) is 6.61 Å². The molecule has 2 rings (SSSR count). The molecule has 2 fully saturated rings. The van der Waals surface area contributed by atoms with Crippen LogP contribution in [-0.2, 0) is 4.79 Å². The molecule has 2 aliphatic heterocycles. The number of aliphatic hydroxyl groups excluding tert-OH is 1. The Morgan fingerprint density at radius 3 is 2.67 bits per heavy atom. The standard InChI is InChI=1S/C10H17NO2S2/c1-2-8-14-9(15-8)5-7-6(3-4-12)10(13)11-7/h6-9,12H,2-5H2,1H3,(H,11,13)/t6-,7-,8?,9?/m1/s1. The van der Waals surface area contributed by atoms with Gasteiger partial charge in [-0.15, -0.1) is 23.5 Å². The molecule has 0 aromatic rings. The lowest BCUT2D eigenvalue weighted by atomic mass is 9.86. The van der Waals surface area contributed by atoms with Gasteiger partial charge in [0.25, 0.3) is 0 Å². The van der Waals surface area contributed by atoms with Crippen molar-refractivity contribution in [3.63, 3.8) is 0 Å². The van der Waals surface area contributed by atoms with Gasteiger partial charge in [-0.1, -0.05) is 6.92 Å². The summed E-state index contributed by atoms with van der Waals surface area (Å²) in [5, 5.41) is 11.8. The van der Waals surface area contributed by atoms with E-state index in [9.17, 15) is 4.79 Å². The maximum Gasteiger partial charge on any atom is 0.225 e. The van der Waals surface area contributed by atoms with Gasteiger partial charge in [0.1, 0.15) is 0 Å². The van der Waals surface area contributed by atoms with Crippen LogP contribution in [-0.4, -0.2) is 32.8 Å². The van der Waals surface area contributed by atoms with E-state index >= 15 is 0 Å².